The third-order valence-corrected chi connectivity index (χ3v) is 6.07. The molecule has 0 atom stereocenters. The van der Waals surface area contributed by atoms with E-state index in [0.29, 0.717) is 16.2 Å². The Hall–Kier alpha value is -4.10. The van der Waals surface area contributed by atoms with Crippen molar-refractivity contribution in [3.63, 3.8) is 0 Å². The van der Waals surface area contributed by atoms with Gasteiger partial charge in [0.1, 0.15) is 5.69 Å². The third kappa shape index (κ3) is 3.70. The number of thiazole rings is 1. The molecule has 0 aliphatic heterocycles. The van der Waals surface area contributed by atoms with Gasteiger partial charge in [0.2, 0.25) is 5.13 Å². The van der Waals surface area contributed by atoms with E-state index in [1.165, 1.54) is 11.3 Å². The molecule has 5 rings (SSSR count). The first-order valence-corrected chi connectivity index (χ1v) is 10.8. The Morgan fingerprint density at radius 1 is 0.969 bits per heavy atom. The molecule has 0 spiro atoms. The Bertz CT molecular complexity index is 1470. The van der Waals surface area contributed by atoms with Crippen LogP contribution in [0.25, 0.3) is 21.0 Å². The van der Waals surface area contributed by atoms with E-state index < -0.39 is 5.91 Å². The molecule has 6 nitrogen and oxygen atoms in total. The van der Waals surface area contributed by atoms with Crippen LogP contribution in [-0.4, -0.2) is 16.0 Å². The standard InChI is InChI=1S/C25H18N4O2S/c1-15-8-2-5-11-19(15)26-24(31)18-14-16-9-3-4-10-17(16)22(23(18)30)28-29-25-27-20-12-6-7-13-21(20)32-25/h2-14,30H,1H3,(H,26,31). The van der Waals surface area contributed by atoms with Crippen LogP contribution in [0.1, 0.15) is 15.9 Å². The molecule has 1 heterocycles. The second-order valence-electron chi connectivity index (χ2n) is 7.28. The largest absolute Gasteiger partial charge is 0.505 e. The number of carbonyl (C=O) groups excluding carboxylic acids is 1. The summed E-state index contributed by atoms with van der Waals surface area (Å²) in [5, 5.41) is 24.4. The molecule has 0 fully saturated rings. The maximum Gasteiger partial charge on any atom is 0.259 e. The Labute approximate surface area is 187 Å². The van der Waals surface area contributed by atoms with E-state index in [2.05, 4.69) is 20.5 Å². The molecule has 0 saturated carbocycles. The second-order valence-corrected chi connectivity index (χ2v) is 8.28. The first-order valence-electron chi connectivity index (χ1n) is 9.99. The number of aromatic hydroxyl groups is 1. The van der Waals surface area contributed by atoms with E-state index in [1.807, 2.05) is 79.7 Å². The maximum absolute atomic E-state index is 13.0. The number of nitrogens with one attached hydrogen (secondary N) is 1. The lowest BCUT2D eigenvalue weighted by Gasteiger charge is -2.12. The van der Waals surface area contributed by atoms with Gasteiger partial charge in [0.25, 0.3) is 5.91 Å². The number of hydrogen-bond donors (Lipinski definition) is 2. The van der Waals surface area contributed by atoms with Crippen LogP contribution in [0.2, 0.25) is 0 Å². The molecule has 0 bridgehead atoms. The van der Waals surface area contributed by atoms with Crippen LogP contribution in [-0.2, 0) is 0 Å². The number of phenolic OH excluding ortho intramolecular Hbond substituents is 1. The van der Waals surface area contributed by atoms with Crippen molar-refractivity contribution >= 4 is 54.7 Å². The highest BCUT2D eigenvalue weighted by molar-refractivity contribution is 7.21. The number of hydrogen-bond acceptors (Lipinski definition) is 6. The summed E-state index contributed by atoms with van der Waals surface area (Å²) in [6.07, 6.45) is 0. The summed E-state index contributed by atoms with van der Waals surface area (Å²) in [4.78, 5) is 17.5. The van der Waals surface area contributed by atoms with E-state index in [1.54, 1.807) is 6.07 Å². The minimum Gasteiger partial charge on any atom is -0.505 e. The number of phenols is 1. The highest BCUT2D eigenvalue weighted by atomic mass is 32.1. The number of anilines is 1. The van der Waals surface area contributed by atoms with Crippen molar-refractivity contribution in [3.05, 3.63) is 90.0 Å². The monoisotopic (exact) mass is 438 g/mol. The SMILES string of the molecule is Cc1ccccc1NC(=O)c1cc2ccccc2c(N=Nc2nc3ccccc3s2)c1O. The lowest BCUT2D eigenvalue weighted by molar-refractivity contribution is 0.102. The van der Waals surface area contributed by atoms with Gasteiger partial charge >= 0.3 is 0 Å². The average molecular weight is 439 g/mol. The molecule has 5 aromatic rings. The van der Waals surface area contributed by atoms with Gasteiger partial charge in [-0.25, -0.2) is 4.98 Å². The smallest absolute Gasteiger partial charge is 0.259 e. The van der Waals surface area contributed by atoms with Gasteiger partial charge in [-0.1, -0.05) is 65.9 Å². The summed E-state index contributed by atoms with van der Waals surface area (Å²) >= 11 is 1.41. The maximum atomic E-state index is 13.0. The van der Waals surface area contributed by atoms with Gasteiger partial charge in [-0.05, 0) is 42.1 Å². The number of carbonyl (C=O) groups is 1. The lowest BCUT2D eigenvalue weighted by Crippen LogP contribution is -2.13. The van der Waals surface area contributed by atoms with Crippen LogP contribution in [0.3, 0.4) is 0 Å². The number of amides is 1. The Kier molecular flexibility index (Phi) is 5.09. The zero-order valence-corrected chi connectivity index (χ0v) is 17.9. The predicted octanol–water partition coefficient (Wildman–Crippen LogP) is 7.13. The number of aryl methyl sites for hydroxylation is 1. The van der Waals surface area contributed by atoms with Gasteiger partial charge in [0.05, 0.1) is 15.8 Å². The minimum absolute atomic E-state index is 0.130. The Morgan fingerprint density at radius 3 is 2.56 bits per heavy atom. The van der Waals surface area contributed by atoms with Crippen LogP contribution < -0.4 is 5.32 Å². The number of benzene rings is 4. The van der Waals surface area contributed by atoms with Crippen molar-refractivity contribution in [3.8, 4) is 5.75 Å². The molecule has 0 aliphatic carbocycles. The molecule has 4 aromatic carbocycles. The summed E-state index contributed by atoms with van der Waals surface area (Å²) < 4.78 is 1.00. The molecule has 32 heavy (non-hydrogen) atoms. The fraction of sp³-hybridized carbons (Fsp3) is 0.0400. The number of nitrogens with zero attached hydrogens (tertiary/aromatic N) is 3. The zero-order valence-electron chi connectivity index (χ0n) is 17.1. The van der Waals surface area contributed by atoms with Crippen molar-refractivity contribution in [2.75, 3.05) is 5.32 Å². The molecule has 0 saturated heterocycles. The van der Waals surface area contributed by atoms with Crippen molar-refractivity contribution in [1.29, 1.82) is 0 Å². The topological polar surface area (TPSA) is 86.9 Å². The quantitative estimate of drug-likeness (QED) is 0.293. The molecule has 0 radical (unpaired) electrons. The van der Waals surface area contributed by atoms with Gasteiger partial charge in [-0.15, -0.1) is 10.2 Å². The second kappa shape index (κ2) is 8.20. The van der Waals surface area contributed by atoms with E-state index in [4.69, 9.17) is 0 Å². The van der Waals surface area contributed by atoms with Crippen molar-refractivity contribution in [2.24, 2.45) is 10.2 Å². The number of aromatic nitrogens is 1. The molecular weight excluding hydrogens is 420 g/mol. The highest BCUT2D eigenvalue weighted by Gasteiger charge is 2.19. The molecule has 0 unspecified atom stereocenters. The van der Waals surface area contributed by atoms with Gasteiger partial charge in [-0.3, -0.25) is 4.79 Å². The lowest BCUT2D eigenvalue weighted by atomic mass is 10.0. The third-order valence-electron chi connectivity index (χ3n) is 5.15. The minimum atomic E-state index is -0.418. The Morgan fingerprint density at radius 2 is 1.72 bits per heavy atom. The normalized spacial score (nSPS) is 11.4. The molecule has 2 N–H and O–H groups in total. The number of para-hydroxylation sites is 2. The van der Waals surface area contributed by atoms with Gasteiger partial charge in [-0.2, -0.15) is 0 Å². The van der Waals surface area contributed by atoms with Crippen molar-refractivity contribution < 1.29 is 9.90 Å². The van der Waals surface area contributed by atoms with Crippen LogP contribution in [0.15, 0.2) is 89.1 Å². The molecule has 0 aliphatic rings. The molecule has 7 heteroatoms. The average Bonchev–Trinajstić information content (AvgIpc) is 3.22. The predicted molar refractivity (Wildman–Crippen MR) is 129 cm³/mol. The molecular formula is C25H18N4O2S. The van der Waals surface area contributed by atoms with Crippen molar-refractivity contribution in [1.82, 2.24) is 4.98 Å². The van der Waals surface area contributed by atoms with E-state index >= 15 is 0 Å². The van der Waals surface area contributed by atoms with Crippen LogP contribution in [0.5, 0.6) is 5.75 Å². The molecule has 1 amide bonds. The summed E-state index contributed by atoms with van der Waals surface area (Å²) in [6, 6.07) is 24.3. The zero-order chi connectivity index (χ0) is 22.1. The summed E-state index contributed by atoms with van der Waals surface area (Å²) in [7, 11) is 0. The van der Waals surface area contributed by atoms with E-state index in [9.17, 15) is 9.90 Å². The number of rotatable bonds is 4. The summed E-state index contributed by atoms with van der Waals surface area (Å²) in [5.41, 5.74) is 2.81. The van der Waals surface area contributed by atoms with Gasteiger partial charge < -0.3 is 10.4 Å². The summed E-state index contributed by atoms with van der Waals surface area (Å²) in [5.74, 6) is -0.640. The number of fused-ring (bicyclic) bond motifs is 2. The fourth-order valence-corrected chi connectivity index (χ4v) is 4.28. The van der Waals surface area contributed by atoms with E-state index in [0.717, 1.165) is 21.2 Å². The number of azo groups is 1. The Balaban J connectivity index is 1.58. The van der Waals surface area contributed by atoms with Gasteiger partial charge in [0, 0.05) is 11.1 Å². The fourth-order valence-electron chi connectivity index (χ4n) is 3.49. The summed E-state index contributed by atoms with van der Waals surface area (Å²) in [6.45, 7) is 1.91. The van der Waals surface area contributed by atoms with Crippen LogP contribution in [0, 0.1) is 6.92 Å². The first kappa shape index (κ1) is 19.8. The van der Waals surface area contributed by atoms with Gasteiger partial charge in [0.15, 0.2) is 5.75 Å². The highest BCUT2D eigenvalue weighted by Crippen LogP contribution is 2.40. The molecule has 1 aromatic heterocycles. The van der Waals surface area contributed by atoms with Crippen molar-refractivity contribution in [2.45, 2.75) is 6.92 Å². The molecule has 156 valence electrons. The van der Waals surface area contributed by atoms with E-state index in [-0.39, 0.29) is 17.0 Å². The first-order chi connectivity index (χ1) is 15.6. The van der Waals surface area contributed by atoms with Crippen LogP contribution in [0.4, 0.5) is 16.5 Å². The van der Waals surface area contributed by atoms with Crippen LogP contribution >= 0.6 is 11.3 Å².